The van der Waals surface area contributed by atoms with Gasteiger partial charge in [-0.1, -0.05) is 85.3 Å². The lowest BCUT2D eigenvalue weighted by Crippen LogP contribution is -2.08. The number of para-hydroxylation sites is 1. The van der Waals surface area contributed by atoms with Crippen LogP contribution >= 0.6 is 0 Å². The number of rotatable bonds is 5. The Hall–Kier alpha value is -3.72. The van der Waals surface area contributed by atoms with E-state index in [2.05, 4.69) is 66.8 Å². The Labute approximate surface area is 183 Å². The predicted octanol–water partition coefficient (Wildman–Crippen LogP) is 7.25. The molecule has 4 aromatic rings. The quantitative estimate of drug-likeness (QED) is 0.381. The molecule has 0 spiro atoms. The average Bonchev–Trinajstić information content (AvgIpc) is 2.85. The van der Waals surface area contributed by atoms with E-state index in [0.717, 1.165) is 47.4 Å². The number of nitrogens with zero attached hydrogens (tertiary/aromatic N) is 2. The van der Waals surface area contributed by atoms with Crippen LogP contribution in [-0.4, -0.2) is 9.97 Å². The lowest BCUT2D eigenvalue weighted by Gasteiger charge is -2.21. The molecule has 31 heavy (non-hydrogen) atoms. The Morgan fingerprint density at radius 1 is 0.742 bits per heavy atom. The maximum atomic E-state index is 4.92. The molecule has 0 saturated carbocycles. The third kappa shape index (κ3) is 3.99. The molecule has 0 amide bonds. The van der Waals surface area contributed by atoms with Crippen LogP contribution in [0, 0.1) is 0 Å². The molecule has 1 aromatic heterocycles. The molecular formula is C28H25N3. The largest absolute Gasteiger partial charge is 0.343 e. The summed E-state index contributed by atoms with van der Waals surface area (Å²) in [5, 5.41) is 4.69. The van der Waals surface area contributed by atoms with E-state index in [0.29, 0.717) is 0 Å². The lowest BCUT2D eigenvalue weighted by molar-refractivity contribution is 0.865. The maximum Gasteiger partial charge on any atom is 0.162 e. The van der Waals surface area contributed by atoms with Gasteiger partial charge in [0, 0.05) is 16.6 Å². The number of hydrogen-bond acceptors (Lipinski definition) is 3. The van der Waals surface area contributed by atoms with Crippen LogP contribution in [0.15, 0.2) is 102 Å². The minimum atomic E-state index is 0.742. The molecule has 0 unspecified atom stereocenters. The zero-order valence-corrected chi connectivity index (χ0v) is 17.7. The second kappa shape index (κ2) is 8.57. The van der Waals surface area contributed by atoms with Crippen LogP contribution in [0.25, 0.3) is 27.9 Å². The molecule has 0 atom stereocenters. The Morgan fingerprint density at radius 3 is 2.16 bits per heavy atom. The smallest absolute Gasteiger partial charge is 0.162 e. The molecule has 5 rings (SSSR count). The van der Waals surface area contributed by atoms with Crippen LogP contribution in [-0.2, 0) is 0 Å². The van der Waals surface area contributed by atoms with Crippen molar-refractivity contribution >= 4 is 22.3 Å². The first-order chi connectivity index (χ1) is 15.3. The molecule has 1 heterocycles. The number of hydrogen-bond donors (Lipinski definition) is 1. The Kier molecular flexibility index (Phi) is 5.32. The summed E-state index contributed by atoms with van der Waals surface area (Å²) in [6, 6.07) is 29.0. The van der Waals surface area contributed by atoms with Crippen molar-refractivity contribution in [2.75, 3.05) is 5.32 Å². The molecule has 0 fully saturated rings. The third-order valence-corrected chi connectivity index (χ3v) is 5.82. The highest BCUT2D eigenvalue weighted by atomic mass is 15.0. The highest BCUT2D eigenvalue weighted by molar-refractivity contribution is 5.91. The molecule has 3 aromatic carbocycles. The summed E-state index contributed by atoms with van der Waals surface area (Å²) in [6.45, 7) is 2.24. The summed E-state index contributed by atoms with van der Waals surface area (Å²) in [5.41, 5.74) is 7.28. The molecule has 0 bridgehead atoms. The van der Waals surface area contributed by atoms with Crippen LogP contribution in [0.2, 0.25) is 0 Å². The highest BCUT2D eigenvalue weighted by Gasteiger charge is 2.16. The van der Waals surface area contributed by atoms with Crippen molar-refractivity contribution in [3.63, 3.8) is 0 Å². The van der Waals surface area contributed by atoms with Crippen LogP contribution in [0.1, 0.15) is 31.7 Å². The van der Waals surface area contributed by atoms with Gasteiger partial charge >= 0.3 is 0 Å². The van der Waals surface area contributed by atoms with Gasteiger partial charge in [-0.15, -0.1) is 0 Å². The highest BCUT2D eigenvalue weighted by Crippen LogP contribution is 2.34. The minimum absolute atomic E-state index is 0.742. The van der Waals surface area contributed by atoms with Gasteiger partial charge in [0.1, 0.15) is 5.82 Å². The van der Waals surface area contributed by atoms with Crippen molar-refractivity contribution in [3.8, 4) is 11.4 Å². The summed E-state index contributed by atoms with van der Waals surface area (Å²) in [6.07, 6.45) is 5.42. The second-order valence-corrected chi connectivity index (χ2v) is 7.81. The van der Waals surface area contributed by atoms with Crippen LogP contribution in [0.5, 0.6) is 0 Å². The molecule has 1 aliphatic rings. The zero-order chi connectivity index (χ0) is 21.0. The van der Waals surface area contributed by atoms with Gasteiger partial charge in [-0.25, -0.2) is 9.97 Å². The first-order valence-electron chi connectivity index (χ1n) is 10.9. The fraction of sp³-hybridized carbons (Fsp3) is 0.143. The van der Waals surface area contributed by atoms with E-state index in [1.165, 1.54) is 22.4 Å². The molecule has 152 valence electrons. The summed E-state index contributed by atoms with van der Waals surface area (Å²) >= 11 is 0. The van der Waals surface area contributed by atoms with Crippen molar-refractivity contribution < 1.29 is 0 Å². The number of fused-ring (bicyclic) bond motifs is 1. The maximum absolute atomic E-state index is 4.92. The number of nitrogens with one attached hydrogen (secondary N) is 1. The van der Waals surface area contributed by atoms with E-state index in [-0.39, 0.29) is 0 Å². The summed E-state index contributed by atoms with van der Waals surface area (Å²) < 4.78 is 0. The van der Waals surface area contributed by atoms with Gasteiger partial charge < -0.3 is 5.32 Å². The number of anilines is 1. The second-order valence-electron chi connectivity index (χ2n) is 7.81. The van der Waals surface area contributed by atoms with E-state index in [1.807, 2.05) is 36.4 Å². The summed E-state index contributed by atoms with van der Waals surface area (Å²) in [4.78, 5) is 9.73. The van der Waals surface area contributed by atoms with Gasteiger partial charge in [-0.05, 0) is 48.6 Å². The van der Waals surface area contributed by atoms with E-state index in [9.17, 15) is 0 Å². The van der Waals surface area contributed by atoms with Crippen molar-refractivity contribution in [2.45, 2.75) is 26.2 Å². The first kappa shape index (κ1) is 19.3. The SMILES string of the molecule is CCC1=C(c2ccccc2)C=C(Nc2nc(-c3ccccc3)nc3ccccc23)CC1. The van der Waals surface area contributed by atoms with E-state index >= 15 is 0 Å². The molecule has 0 saturated heterocycles. The molecule has 3 nitrogen and oxygen atoms in total. The Bertz CT molecular complexity index is 1270. The molecule has 1 N–H and O–H groups in total. The van der Waals surface area contributed by atoms with Crippen molar-refractivity contribution in [1.29, 1.82) is 0 Å². The fourth-order valence-electron chi connectivity index (χ4n) is 4.18. The molecule has 0 radical (unpaired) electrons. The van der Waals surface area contributed by atoms with E-state index < -0.39 is 0 Å². The zero-order valence-electron chi connectivity index (χ0n) is 17.7. The van der Waals surface area contributed by atoms with Crippen molar-refractivity contribution in [1.82, 2.24) is 9.97 Å². The minimum Gasteiger partial charge on any atom is -0.343 e. The van der Waals surface area contributed by atoms with Crippen molar-refractivity contribution in [2.24, 2.45) is 0 Å². The molecular weight excluding hydrogens is 378 g/mol. The molecule has 1 aliphatic carbocycles. The molecule has 3 heteroatoms. The number of benzene rings is 3. The van der Waals surface area contributed by atoms with Gasteiger partial charge in [-0.2, -0.15) is 0 Å². The Morgan fingerprint density at radius 2 is 1.42 bits per heavy atom. The van der Waals surface area contributed by atoms with Crippen LogP contribution in [0.4, 0.5) is 5.82 Å². The van der Waals surface area contributed by atoms with Gasteiger partial charge in [0.05, 0.1) is 5.52 Å². The van der Waals surface area contributed by atoms with Crippen LogP contribution < -0.4 is 5.32 Å². The van der Waals surface area contributed by atoms with E-state index in [1.54, 1.807) is 0 Å². The monoisotopic (exact) mass is 403 g/mol. The fourth-order valence-corrected chi connectivity index (χ4v) is 4.18. The topological polar surface area (TPSA) is 37.8 Å². The molecule has 0 aliphatic heterocycles. The third-order valence-electron chi connectivity index (χ3n) is 5.82. The standard InChI is InChI=1S/C28H25N3/c1-2-20-17-18-23(19-25(20)21-11-5-3-6-12-21)29-28-24-15-9-10-16-26(24)30-27(31-28)22-13-7-4-8-14-22/h3-16,19H,2,17-18H2,1H3,(H,29,30,31). The average molecular weight is 404 g/mol. The lowest BCUT2D eigenvalue weighted by atomic mass is 9.89. The normalized spacial score (nSPS) is 13.9. The van der Waals surface area contributed by atoms with Gasteiger partial charge in [-0.3, -0.25) is 0 Å². The van der Waals surface area contributed by atoms with Gasteiger partial charge in [0.15, 0.2) is 5.82 Å². The number of allylic oxidation sites excluding steroid dienone is 4. The van der Waals surface area contributed by atoms with Gasteiger partial charge in [0.25, 0.3) is 0 Å². The van der Waals surface area contributed by atoms with Crippen molar-refractivity contribution in [3.05, 3.63) is 108 Å². The van der Waals surface area contributed by atoms with Gasteiger partial charge in [0.2, 0.25) is 0 Å². The number of aromatic nitrogens is 2. The predicted molar refractivity (Wildman–Crippen MR) is 130 cm³/mol. The van der Waals surface area contributed by atoms with E-state index in [4.69, 9.17) is 9.97 Å². The Balaban J connectivity index is 1.57. The summed E-state index contributed by atoms with van der Waals surface area (Å²) in [5.74, 6) is 1.61. The van der Waals surface area contributed by atoms with Crippen LogP contribution in [0.3, 0.4) is 0 Å². The first-order valence-corrected chi connectivity index (χ1v) is 10.9. The summed E-state index contributed by atoms with van der Waals surface area (Å²) in [7, 11) is 0.